The maximum atomic E-state index is 6.17. The van der Waals surface area contributed by atoms with Gasteiger partial charge in [-0.2, -0.15) is 0 Å². The Kier molecular flexibility index (Phi) is 3.80. The molecule has 2 aromatic rings. The molecule has 0 saturated carbocycles. The minimum atomic E-state index is 0.308. The first-order chi connectivity index (χ1) is 9.52. The third-order valence-corrected chi connectivity index (χ3v) is 4.29. The normalized spacial score (nSPS) is 17.1. The largest absolute Gasteiger partial charge is 0.379 e. The van der Waals surface area contributed by atoms with Gasteiger partial charge in [0.05, 0.1) is 5.69 Å². The number of fused-ring (bicyclic) bond motifs is 1. The van der Waals surface area contributed by atoms with E-state index < -0.39 is 0 Å². The van der Waals surface area contributed by atoms with Crippen LogP contribution < -0.4 is 5.32 Å². The summed E-state index contributed by atoms with van der Waals surface area (Å²) in [6.07, 6.45) is 1.90. The molecule has 0 aliphatic heterocycles. The average Bonchev–Trinajstić information content (AvgIpc) is 2.75. The lowest BCUT2D eigenvalue weighted by molar-refractivity contribution is 0.772. The monoisotopic (exact) mass is 326 g/mol. The summed E-state index contributed by atoms with van der Waals surface area (Å²) in [7, 11) is 0. The summed E-state index contributed by atoms with van der Waals surface area (Å²) < 4.78 is 0. The van der Waals surface area contributed by atoms with Gasteiger partial charge in [-0.05, 0) is 54.7 Å². The number of anilines is 1. The standard InChI is InChI=1S/C15H13Cl3N2/c1-8-4-13(17)20-15(18)14(8)19-12-6-9-2-3-11(16)5-10(9)7-12/h2-5,12,19H,6-7H2,1H3. The molecular weight excluding hydrogens is 315 g/mol. The zero-order valence-corrected chi connectivity index (χ0v) is 13.1. The van der Waals surface area contributed by atoms with Gasteiger partial charge in [0.1, 0.15) is 5.15 Å². The number of rotatable bonds is 2. The summed E-state index contributed by atoms with van der Waals surface area (Å²) in [6, 6.07) is 8.18. The predicted molar refractivity (Wildman–Crippen MR) is 85.3 cm³/mol. The maximum absolute atomic E-state index is 6.17. The second-order valence-corrected chi connectivity index (χ2v) is 6.27. The summed E-state index contributed by atoms with van der Waals surface area (Å²) in [5, 5.41) is 5.10. The Bertz CT molecular complexity index is 647. The highest BCUT2D eigenvalue weighted by Crippen LogP contribution is 2.31. The molecule has 0 amide bonds. The van der Waals surface area contributed by atoms with Gasteiger partial charge in [0.2, 0.25) is 0 Å². The highest BCUT2D eigenvalue weighted by Gasteiger charge is 2.23. The van der Waals surface area contributed by atoms with Crippen molar-refractivity contribution in [3.8, 4) is 0 Å². The second-order valence-electron chi connectivity index (χ2n) is 5.09. The van der Waals surface area contributed by atoms with Crippen LogP contribution in [-0.4, -0.2) is 11.0 Å². The Morgan fingerprint density at radius 3 is 2.60 bits per heavy atom. The van der Waals surface area contributed by atoms with Crippen LogP contribution in [0.1, 0.15) is 16.7 Å². The smallest absolute Gasteiger partial charge is 0.154 e. The fourth-order valence-electron chi connectivity index (χ4n) is 2.66. The minimum absolute atomic E-state index is 0.308. The van der Waals surface area contributed by atoms with Gasteiger partial charge in [-0.3, -0.25) is 0 Å². The molecule has 1 unspecified atom stereocenters. The summed E-state index contributed by atoms with van der Waals surface area (Å²) in [5.41, 5.74) is 4.50. The van der Waals surface area contributed by atoms with E-state index in [2.05, 4.69) is 16.4 Å². The van der Waals surface area contributed by atoms with Crippen LogP contribution in [0.3, 0.4) is 0 Å². The molecule has 3 rings (SSSR count). The van der Waals surface area contributed by atoms with Crippen molar-refractivity contribution in [3.63, 3.8) is 0 Å². The van der Waals surface area contributed by atoms with Crippen molar-refractivity contribution in [2.45, 2.75) is 25.8 Å². The number of halogens is 3. The first kappa shape index (κ1) is 14.0. The van der Waals surface area contributed by atoms with E-state index in [9.17, 15) is 0 Å². The van der Waals surface area contributed by atoms with Gasteiger partial charge in [0, 0.05) is 11.1 Å². The van der Waals surface area contributed by atoms with E-state index >= 15 is 0 Å². The molecule has 0 saturated heterocycles. The van der Waals surface area contributed by atoms with Crippen molar-refractivity contribution < 1.29 is 0 Å². The van der Waals surface area contributed by atoms with E-state index in [1.165, 1.54) is 11.1 Å². The molecule has 20 heavy (non-hydrogen) atoms. The van der Waals surface area contributed by atoms with E-state index in [0.29, 0.717) is 16.3 Å². The van der Waals surface area contributed by atoms with E-state index in [1.807, 2.05) is 25.1 Å². The number of hydrogen-bond acceptors (Lipinski definition) is 2. The average molecular weight is 328 g/mol. The van der Waals surface area contributed by atoms with Crippen LogP contribution in [0, 0.1) is 6.92 Å². The Balaban J connectivity index is 1.81. The molecule has 0 spiro atoms. The number of hydrogen-bond donors (Lipinski definition) is 1. The lowest BCUT2D eigenvalue weighted by Gasteiger charge is -2.16. The van der Waals surface area contributed by atoms with Crippen molar-refractivity contribution in [2.75, 3.05) is 5.32 Å². The maximum Gasteiger partial charge on any atom is 0.154 e. The molecule has 1 heterocycles. The summed E-state index contributed by atoms with van der Waals surface area (Å²) in [4.78, 5) is 4.09. The van der Waals surface area contributed by atoms with Crippen molar-refractivity contribution in [1.29, 1.82) is 0 Å². The number of nitrogens with one attached hydrogen (secondary N) is 1. The quantitative estimate of drug-likeness (QED) is 0.791. The molecule has 1 N–H and O–H groups in total. The van der Waals surface area contributed by atoms with Gasteiger partial charge >= 0.3 is 0 Å². The molecule has 2 nitrogen and oxygen atoms in total. The molecule has 1 atom stereocenters. The van der Waals surface area contributed by atoms with Crippen LogP contribution in [0.4, 0.5) is 5.69 Å². The molecule has 0 bridgehead atoms. The van der Waals surface area contributed by atoms with Crippen LogP contribution in [0.15, 0.2) is 24.3 Å². The first-order valence-corrected chi connectivity index (χ1v) is 7.53. The number of aryl methyl sites for hydroxylation is 1. The van der Waals surface area contributed by atoms with Gasteiger partial charge in [-0.1, -0.05) is 40.9 Å². The molecule has 0 radical (unpaired) electrons. The highest BCUT2D eigenvalue weighted by molar-refractivity contribution is 6.34. The molecular formula is C15H13Cl3N2. The molecule has 0 fully saturated rings. The van der Waals surface area contributed by atoms with E-state index in [1.54, 1.807) is 0 Å². The molecule has 5 heteroatoms. The lowest BCUT2D eigenvalue weighted by Crippen LogP contribution is -2.20. The lowest BCUT2D eigenvalue weighted by atomic mass is 10.1. The van der Waals surface area contributed by atoms with Gasteiger partial charge < -0.3 is 5.32 Å². The van der Waals surface area contributed by atoms with Crippen LogP contribution in [0.25, 0.3) is 0 Å². The number of nitrogens with zero attached hydrogens (tertiary/aromatic N) is 1. The predicted octanol–water partition coefficient (Wildman–Crippen LogP) is 4.93. The molecule has 1 aliphatic rings. The molecule has 1 aliphatic carbocycles. The molecule has 1 aromatic heterocycles. The third-order valence-electron chi connectivity index (χ3n) is 3.59. The Labute approximate surface area is 133 Å². The summed E-state index contributed by atoms with van der Waals surface area (Å²) in [5.74, 6) is 0. The Morgan fingerprint density at radius 1 is 1.10 bits per heavy atom. The zero-order chi connectivity index (χ0) is 14.3. The second kappa shape index (κ2) is 5.44. The topological polar surface area (TPSA) is 24.9 Å². The van der Waals surface area contributed by atoms with Crippen molar-refractivity contribution in [1.82, 2.24) is 4.98 Å². The van der Waals surface area contributed by atoms with Crippen molar-refractivity contribution >= 4 is 40.5 Å². The fraction of sp³-hybridized carbons (Fsp3) is 0.267. The minimum Gasteiger partial charge on any atom is -0.379 e. The van der Waals surface area contributed by atoms with Gasteiger partial charge in [-0.15, -0.1) is 0 Å². The van der Waals surface area contributed by atoms with E-state index in [0.717, 1.165) is 29.1 Å². The van der Waals surface area contributed by atoms with Gasteiger partial charge in [0.15, 0.2) is 5.15 Å². The highest BCUT2D eigenvalue weighted by atomic mass is 35.5. The third kappa shape index (κ3) is 2.73. The Hall–Kier alpha value is -0.960. The van der Waals surface area contributed by atoms with Crippen LogP contribution in [-0.2, 0) is 12.8 Å². The number of pyridine rings is 1. The molecule has 1 aromatic carbocycles. The Morgan fingerprint density at radius 2 is 1.85 bits per heavy atom. The number of aromatic nitrogens is 1. The first-order valence-electron chi connectivity index (χ1n) is 6.39. The van der Waals surface area contributed by atoms with Crippen LogP contribution in [0.5, 0.6) is 0 Å². The van der Waals surface area contributed by atoms with E-state index in [4.69, 9.17) is 34.8 Å². The molecule has 104 valence electrons. The van der Waals surface area contributed by atoms with Crippen LogP contribution >= 0.6 is 34.8 Å². The number of benzene rings is 1. The van der Waals surface area contributed by atoms with Crippen molar-refractivity contribution in [2.24, 2.45) is 0 Å². The van der Waals surface area contributed by atoms with Gasteiger partial charge in [0.25, 0.3) is 0 Å². The van der Waals surface area contributed by atoms with Gasteiger partial charge in [-0.25, -0.2) is 4.98 Å². The van der Waals surface area contributed by atoms with Crippen LogP contribution in [0.2, 0.25) is 15.3 Å². The van der Waals surface area contributed by atoms with E-state index in [-0.39, 0.29) is 0 Å². The fourth-order valence-corrected chi connectivity index (χ4v) is 3.44. The summed E-state index contributed by atoms with van der Waals surface area (Å²) >= 11 is 18.1. The zero-order valence-electron chi connectivity index (χ0n) is 10.9. The summed E-state index contributed by atoms with van der Waals surface area (Å²) in [6.45, 7) is 1.97. The SMILES string of the molecule is Cc1cc(Cl)nc(Cl)c1NC1Cc2ccc(Cl)cc2C1. The van der Waals surface area contributed by atoms with Crippen molar-refractivity contribution in [3.05, 3.63) is 56.3 Å².